The first-order valence-corrected chi connectivity index (χ1v) is 13.4. The van der Waals surface area contributed by atoms with E-state index in [-0.39, 0.29) is 29.0 Å². The molecule has 0 bridgehead atoms. The molecule has 2 amide bonds. The monoisotopic (exact) mass is 587 g/mol. The van der Waals surface area contributed by atoms with Crippen molar-refractivity contribution >= 4 is 61.7 Å². The first kappa shape index (κ1) is 25.8. The molecule has 4 aromatic carbocycles. The molecule has 190 valence electrons. The number of imide groups is 1. The van der Waals surface area contributed by atoms with Gasteiger partial charge >= 0.3 is 5.97 Å². The van der Waals surface area contributed by atoms with Gasteiger partial charge in [0.05, 0.1) is 17.0 Å². The number of carbonyl (C=O) groups excluding carboxylic acids is 3. The molecule has 0 atom stereocenters. The molecule has 1 saturated heterocycles. The Morgan fingerprint density at radius 1 is 0.974 bits per heavy atom. The zero-order valence-electron chi connectivity index (χ0n) is 20.3. The molecule has 1 aliphatic rings. The number of amides is 2. The van der Waals surface area contributed by atoms with Crippen LogP contribution in [0.4, 0.5) is 4.79 Å². The van der Waals surface area contributed by atoms with Crippen LogP contribution in [-0.2, 0) is 4.79 Å². The highest BCUT2D eigenvalue weighted by molar-refractivity contribution is 9.10. The van der Waals surface area contributed by atoms with Crippen LogP contribution in [0.25, 0.3) is 16.8 Å². The minimum atomic E-state index is -0.514. The van der Waals surface area contributed by atoms with Gasteiger partial charge in [-0.3, -0.25) is 14.5 Å². The quantitative estimate of drug-likeness (QED) is 0.129. The summed E-state index contributed by atoms with van der Waals surface area (Å²) < 4.78 is 12.2. The van der Waals surface area contributed by atoms with Gasteiger partial charge in [0, 0.05) is 10.0 Å². The lowest BCUT2D eigenvalue weighted by Gasteiger charge is -2.13. The minimum Gasteiger partial charge on any atom is -0.492 e. The van der Waals surface area contributed by atoms with E-state index in [9.17, 15) is 14.4 Å². The second-order valence-corrected chi connectivity index (χ2v) is 10.5. The van der Waals surface area contributed by atoms with E-state index in [4.69, 9.17) is 9.47 Å². The number of benzene rings is 4. The fourth-order valence-corrected chi connectivity index (χ4v) is 5.31. The summed E-state index contributed by atoms with van der Waals surface area (Å²) >= 11 is 4.28. The Hall–Kier alpha value is -3.88. The lowest BCUT2D eigenvalue weighted by atomic mass is 10.0. The van der Waals surface area contributed by atoms with Gasteiger partial charge in [0.25, 0.3) is 11.1 Å². The maximum atomic E-state index is 13.1. The van der Waals surface area contributed by atoms with Crippen LogP contribution in [0.1, 0.15) is 21.5 Å². The van der Waals surface area contributed by atoms with Crippen LogP contribution in [0.5, 0.6) is 11.5 Å². The van der Waals surface area contributed by atoms with Gasteiger partial charge in [0.2, 0.25) is 0 Å². The summed E-state index contributed by atoms with van der Waals surface area (Å²) in [6.45, 7) is 2.26. The summed E-state index contributed by atoms with van der Waals surface area (Å²) in [7, 11) is 0. The summed E-state index contributed by atoms with van der Waals surface area (Å²) in [5.41, 5.74) is 1.99. The molecule has 0 aliphatic carbocycles. The lowest BCUT2D eigenvalue weighted by Crippen LogP contribution is -2.32. The van der Waals surface area contributed by atoms with Gasteiger partial charge in [-0.25, -0.2) is 4.79 Å². The average molecular weight is 588 g/mol. The van der Waals surface area contributed by atoms with Crippen molar-refractivity contribution in [3.63, 3.8) is 0 Å². The standard InChI is InChI=1S/C30H22BrNO5S/c1-19-6-4-9-23(16-19)36-15-14-32-28(33)27(38-30(32)35)18-21-17-22(31)12-13-26(21)37-29(34)25-11-5-8-20-7-2-3-10-24(20)25/h2-13,16-18H,14-15H2,1H3/b27-18-. The molecule has 0 aromatic heterocycles. The maximum Gasteiger partial charge on any atom is 0.344 e. The molecule has 0 spiro atoms. The minimum absolute atomic E-state index is 0.122. The van der Waals surface area contributed by atoms with Crippen molar-refractivity contribution in [3.8, 4) is 11.5 Å². The van der Waals surface area contributed by atoms with Crippen LogP contribution in [0.2, 0.25) is 0 Å². The number of nitrogens with zero attached hydrogens (tertiary/aromatic N) is 1. The van der Waals surface area contributed by atoms with Crippen LogP contribution in [0.15, 0.2) is 94.3 Å². The van der Waals surface area contributed by atoms with Gasteiger partial charge in [-0.2, -0.15) is 0 Å². The molecular formula is C30H22BrNO5S. The average Bonchev–Trinajstić information content (AvgIpc) is 3.17. The number of ether oxygens (including phenoxy) is 2. The van der Waals surface area contributed by atoms with Crippen molar-refractivity contribution in [3.05, 3.63) is 111 Å². The van der Waals surface area contributed by atoms with E-state index in [2.05, 4.69) is 15.9 Å². The molecule has 1 fully saturated rings. The number of thioether (sulfide) groups is 1. The zero-order chi connectivity index (χ0) is 26.6. The highest BCUT2D eigenvalue weighted by Gasteiger charge is 2.35. The smallest absolute Gasteiger partial charge is 0.344 e. The first-order valence-electron chi connectivity index (χ1n) is 11.8. The van der Waals surface area contributed by atoms with Crippen LogP contribution in [0.3, 0.4) is 0 Å². The van der Waals surface area contributed by atoms with Crippen molar-refractivity contribution in [2.45, 2.75) is 6.92 Å². The van der Waals surface area contributed by atoms with Gasteiger partial charge in [0.15, 0.2) is 0 Å². The van der Waals surface area contributed by atoms with E-state index in [0.29, 0.717) is 16.9 Å². The summed E-state index contributed by atoms with van der Waals surface area (Å²) in [6, 6.07) is 25.7. The Kier molecular flexibility index (Phi) is 7.62. The Morgan fingerprint density at radius 2 is 1.76 bits per heavy atom. The van der Waals surface area contributed by atoms with Crippen LogP contribution in [-0.4, -0.2) is 35.2 Å². The van der Waals surface area contributed by atoms with Crippen LogP contribution >= 0.6 is 27.7 Å². The summed E-state index contributed by atoms with van der Waals surface area (Å²) in [4.78, 5) is 40.2. The molecule has 38 heavy (non-hydrogen) atoms. The predicted octanol–water partition coefficient (Wildman–Crippen LogP) is 7.25. The van der Waals surface area contributed by atoms with E-state index >= 15 is 0 Å². The molecule has 0 saturated carbocycles. The van der Waals surface area contributed by atoms with Gasteiger partial charge in [-0.05, 0) is 77.5 Å². The molecular weight excluding hydrogens is 566 g/mol. The molecule has 0 N–H and O–H groups in total. The number of fused-ring (bicyclic) bond motifs is 1. The largest absolute Gasteiger partial charge is 0.492 e. The van der Waals surface area contributed by atoms with Gasteiger partial charge in [-0.15, -0.1) is 0 Å². The second-order valence-electron chi connectivity index (χ2n) is 8.60. The molecule has 0 unspecified atom stereocenters. The summed E-state index contributed by atoms with van der Waals surface area (Å²) in [5.74, 6) is 0.0272. The molecule has 5 rings (SSSR count). The zero-order valence-corrected chi connectivity index (χ0v) is 22.8. The number of hydrogen-bond donors (Lipinski definition) is 0. The predicted molar refractivity (Wildman–Crippen MR) is 152 cm³/mol. The Bertz CT molecular complexity index is 1590. The summed E-state index contributed by atoms with van der Waals surface area (Å²) in [6.07, 6.45) is 1.57. The molecule has 6 nitrogen and oxygen atoms in total. The third-order valence-corrected chi connectivity index (χ3v) is 7.32. The van der Waals surface area contributed by atoms with Crippen molar-refractivity contribution < 1.29 is 23.9 Å². The lowest BCUT2D eigenvalue weighted by molar-refractivity contribution is -0.123. The number of esters is 1. The SMILES string of the molecule is Cc1cccc(OCCN2C(=O)S/C(=C\c3cc(Br)ccc3OC(=O)c3cccc4ccccc34)C2=O)c1. The van der Waals surface area contributed by atoms with Gasteiger partial charge < -0.3 is 9.47 Å². The fraction of sp³-hybridized carbons (Fsp3) is 0.100. The number of halogens is 1. The van der Waals surface area contributed by atoms with Crippen molar-refractivity contribution in [1.29, 1.82) is 0 Å². The van der Waals surface area contributed by atoms with Crippen molar-refractivity contribution in [2.24, 2.45) is 0 Å². The molecule has 4 aromatic rings. The van der Waals surface area contributed by atoms with Gasteiger partial charge in [-0.1, -0.05) is 64.5 Å². The molecule has 1 aliphatic heterocycles. The molecule has 1 heterocycles. The number of carbonyl (C=O) groups is 3. The van der Waals surface area contributed by atoms with E-state index in [1.54, 1.807) is 36.4 Å². The third kappa shape index (κ3) is 5.66. The Labute approximate surface area is 232 Å². The first-order chi connectivity index (χ1) is 18.4. The molecule has 8 heteroatoms. The third-order valence-electron chi connectivity index (χ3n) is 5.92. The number of hydrogen-bond acceptors (Lipinski definition) is 6. The van der Waals surface area contributed by atoms with Crippen molar-refractivity contribution in [2.75, 3.05) is 13.2 Å². The van der Waals surface area contributed by atoms with Gasteiger partial charge in [0.1, 0.15) is 18.1 Å². The Balaban J connectivity index is 1.34. The van der Waals surface area contributed by atoms with E-state index < -0.39 is 11.9 Å². The van der Waals surface area contributed by atoms with E-state index in [0.717, 1.165) is 37.5 Å². The van der Waals surface area contributed by atoms with E-state index in [1.807, 2.05) is 61.5 Å². The highest BCUT2D eigenvalue weighted by Crippen LogP contribution is 2.35. The topological polar surface area (TPSA) is 72.9 Å². The van der Waals surface area contributed by atoms with Crippen LogP contribution < -0.4 is 9.47 Å². The maximum absolute atomic E-state index is 13.1. The fourth-order valence-electron chi connectivity index (χ4n) is 4.08. The van der Waals surface area contributed by atoms with E-state index in [1.165, 1.54) is 0 Å². The Morgan fingerprint density at radius 3 is 2.61 bits per heavy atom. The number of rotatable bonds is 7. The highest BCUT2D eigenvalue weighted by atomic mass is 79.9. The van der Waals surface area contributed by atoms with Crippen LogP contribution in [0, 0.1) is 6.92 Å². The normalized spacial score (nSPS) is 14.4. The van der Waals surface area contributed by atoms with Crippen molar-refractivity contribution in [1.82, 2.24) is 4.90 Å². The second kappa shape index (κ2) is 11.2. The summed E-state index contributed by atoms with van der Waals surface area (Å²) in [5, 5.41) is 1.34. The number of aryl methyl sites for hydroxylation is 1. The molecule has 0 radical (unpaired) electrons.